The van der Waals surface area contributed by atoms with Crippen molar-refractivity contribution in [1.82, 2.24) is 15.6 Å². The first kappa shape index (κ1) is 10.9. The number of carbonyl (C=O) groups is 1. The maximum atomic E-state index is 11.5. The van der Waals surface area contributed by atoms with Gasteiger partial charge in [0.05, 0.1) is 0 Å². The van der Waals surface area contributed by atoms with Crippen molar-refractivity contribution >= 4 is 11.8 Å². The minimum absolute atomic E-state index is 0.201. The molecule has 1 aromatic heterocycles. The number of pyridine rings is 1. The molecule has 0 aliphatic carbocycles. The lowest BCUT2D eigenvalue weighted by Crippen LogP contribution is -2.39. The van der Waals surface area contributed by atoms with Gasteiger partial charge >= 0.3 is 6.03 Å². The smallest absolute Gasteiger partial charge is 0.320 e. The predicted octanol–water partition coefficient (Wildman–Crippen LogP) is 0.955. The minimum atomic E-state index is -0.201. The summed E-state index contributed by atoms with van der Waals surface area (Å²) >= 11 is 0. The fourth-order valence-corrected chi connectivity index (χ4v) is 1.74. The minimum Gasteiger partial charge on any atom is -0.336 e. The largest absolute Gasteiger partial charge is 0.336 e. The van der Waals surface area contributed by atoms with Crippen LogP contribution < -0.4 is 16.0 Å². The number of anilines is 1. The van der Waals surface area contributed by atoms with Crippen LogP contribution in [0.15, 0.2) is 24.4 Å². The van der Waals surface area contributed by atoms with Crippen molar-refractivity contribution in [2.45, 2.75) is 18.9 Å². The van der Waals surface area contributed by atoms with E-state index in [1.54, 1.807) is 12.3 Å². The summed E-state index contributed by atoms with van der Waals surface area (Å²) in [7, 11) is 0. The van der Waals surface area contributed by atoms with Crippen molar-refractivity contribution < 1.29 is 4.79 Å². The lowest BCUT2D eigenvalue weighted by atomic mass is 10.2. The summed E-state index contributed by atoms with van der Waals surface area (Å²) in [6, 6.07) is 5.61. The van der Waals surface area contributed by atoms with Gasteiger partial charge in [0.2, 0.25) is 0 Å². The standard InChI is InChI=1S/C11H16N4O/c16-11(14-8-9-4-3-7-12-9)15-10-5-1-2-6-13-10/h1-2,5-6,9,12H,3-4,7-8H2,(H2,13,14,15,16). The number of hydrogen-bond acceptors (Lipinski definition) is 3. The Morgan fingerprint density at radius 2 is 2.50 bits per heavy atom. The number of urea groups is 1. The molecule has 5 heteroatoms. The van der Waals surface area contributed by atoms with Crippen LogP contribution in [0, 0.1) is 0 Å². The van der Waals surface area contributed by atoms with Gasteiger partial charge in [-0.05, 0) is 31.5 Å². The molecular weight excluding hydrogens is 204 g/mol. The van der Waals surface area contributed by atoms with Crippen LogP contribution in [0.25, 0.3) is 0 Å². The highest BCUT2D eigenvalue weighted by Gasteiger charge is 2.14. The lowest BCUT2D eigenvalue weighted by molar-refractivity contribution is 0.251. The number of rotatable bonds is 3. The SMILES string of the molecule is O=C(NCC1CCCN1)Nc1ccccn1. The molecule has 2 amide bonds. The van der Waals surface area contributed by atoms with Crippen molar-refractivity contribution in [3.8, 4) is 0 Å². The summed E-state index contributed by atoms with van der Waals surface area (Å²) in [5, 5.41) is 8.82. The highest BCUT2D eigenvalue weighted by atomic mass is 16.2. The van der Waals surface area contributed by atoms with Gasteiger partial charge in [-0.3, -0.25) is 5.32 Å². The van der Waals surface area contributed by atoms with Crippen molar-refractivity contribution in [2.75, 3.05) is 18.4 Å². The van der Waals surface area contributed by atoms with E-state index in [4.69, 9.17) is 0 Å². The van der Waals surface area contributed by atoms with Crippen molar-refractivity contribution in [3.63, 3.8) is 0 Å². The van der Waals surface area contributed by atoms with E-state index in [1.807, 2.05) is 12.1 Å². The zero-order valence-corrected chi connectivity index (χ0v) is 9.07. The second kappa shape index (κ2) is 5.46. The molecule has 16 heavy (non-hydrogen) atoms. The molecule has 1 fully saturated rings. The van der Waals surface area contributed by atoms with Crippen LogP contribution in [0.2, 0.25) is 0 Å². The van der Waals surface area contributed by atoms with E-state index < -0.39 is 0 Å². The third kappa shape index (κ3) is 3.20. The maximum absolute atomic E-state index is 11.5. The molecule has 1 aliphatic heterocycles. The van der Waals surface area contributed by atoms with E-state index in [1.165, 1.54) is 6.42 Å². The van der Waals surface area contributed by atoms with Crippen molar-refractivity contribution in [1.29, 1.82) is 0 Å². The van der Waals surface area contributed by atoms with Crippen LogP contribution >= 0.6 is 0 Å². The zero-order chi connectivity index (χ0) is 11.2. The second-order valence-corrected chi connectivity index (χ2v) is 3.84. The Labute approximate surface area is 94.6 Å². The first-order valence-electron chi connectivity index (χ1n) is 5.54. The van der Waals surface area contributed by atoms with Crippen LogP contribution in [0.3, 0.4) is 0 Å². The molecule has 2 rings (SSSR count). The maximum Gasteiger partial charge on any atom is 0.320 e. The average Bonchev–Trinajstić information content (AvgIpc) is 2.81. The first-order chi connectivity index (χ1) is 7.84. The third-order valence-corrected chi connectivity index (χ3v) is 2.58. The normalized spacial score (nSPS) is 19.4. The number of nitrogens with one attached hydrogen (secondary N) is 3. The van der Waals surface area contributed by atoms with Crippen LogP contribution in [-0.4, -0.2) is 30.1 Å². The van der Waals surface area contributed by atoms with E-state index in [-0.39, 0.29) is 6.03 Å². The van der Waals surface area contributed by atoms with Crippen LogP contribution in [0.1, 0.15) is 12.8 Å². The second-order valence-electron chi connectivity index (χ2n) is 3.84. The molecule has 0 bridgehead atoms. The molecule has 0 radical (unpaired) electrons. The number of amides is 2. The Bertz CT molecular complexity index is 335. The van der Waals surface area contributed by atoms with E-state index in [9.17, 15) is 4.79 Å². The molecule has 1 atom stereocenters. The van der Waals surface area contributed by atoms with Gasteiger partial charge in [-0.25, -0.2) is 9.78 Å². The van der Waals surface area contributed by atoms with Gasteiger partial charge in [0.25, 0.3) is 0 Å². The van der Waals surface area contributed by atoms with Gasteiger partial charge < -0.3 is 10.6 Å². The van der Waals surface area contributed by atoms with Crippen LogP contribution in [-0.2, 0) is 0 Å². The van der Waals surface area contributed by atoms with E-state index in [0.29, 0.717) is 18.4 Å². The molecule has 3 N–H and O–H groups in total. The summed E-state index contributed by atoms with van der Waals surface area (Å²) in [6.07, 6.45) is 3.96. The molecule has 86 valence electrons. The quantitative estimate of drug-likeness (QED) is 0.710. The fraction of sp³-hybridized carbons (Fsp3) is 0.455. The van der Waals surface area contributed by atoms with Crippen LogP contribution in [0.4, 0.5) is 10.6 Å². The molecule has 1 aromatic rings. The highest BCUT2D eigenvalue weighted by Crippen LogP contribution is 2.03. The monoisotopic (exact) mass is 220 g/mol. The lowest BCUT2D eigenvalue weighted by Gasteiger charge is -2.11. The third-order valence-electron chi connectivity index (χ3n) is 2.58. The Hall–Kier alpha value is -1.62. The molecule has 0 spiro atoms. The number of carbonyl (C=O) groups excluding carboxylic acids is 1. The molecule has 1 saturated heterocycles. The van der Waals surface area contributed by atoms with Gasteiger partial charge in [-0.15, -0.1) is 0 Å². The predicted molar refractivity (Wildman–Crippen MR) is 62.3 cm³/mol. The fourth-order valence-electron chi connectivity index (χ4n) is 1.74. The van der Waals surface area contributed by atoms with Gasteiger partial charge in [0.1, 0.15) is 5.82 Å². The summed E-state index contributed by atoms with van der Waals surface area (Å²) in [4.78, 5) is 15.5. The molecule has 1 aliphatic rings. The van der Waals surface area contributed by atoms with Gasteiger partial charge in [-0.1, -0.05) is 6.07 Å². The Kier molecular flexibility index (Phi) is 3.71. The molecular formula is C11H16N4O. The molecule has 5 nitrogen and oxygen atoms in total. The molecule has 1 unspecified atom stereocenters. The highest BCUT2D eigenvalue weighted by molar-refractivity contribution is 5.88. The number of aromatic nitrogens is 1. The van der Waals surface area contributed by atoms with E-state index in [0.717, 1.165) is 13.0 Å². The summed E-state index contributed by atoms with van der Waals surface area (Å²) < 4.78 is 0. The zero-order valence-electron chi connectivity index (χ0n) is 9.07. The summed E-state index contributed by atoms with van der Waals surface area (Å²) in [5.74, 6) is 0.569. The average molecular weight is 220 g/mol. The van der Waals surface area contributed by atoms with Crippen molar-refractivity contribution in [3.05, 3.63) is 24.4 Å². The first-order valence-corrected chi connectivity index (χ1v) is 5.54. The Morgan fingerprint density at radius 1 is 1.56 bits per heavy atom. The summed E-state index contributed by atoms with van der Waals surface area (Å²) in [5.41, 5.74) is 0. The molecule has 0 aromatic carbocycles. The van der Waals surface area contributed by atoms with Crippen molar-refractivity contribution in [2.24, 2.45) is 0 Å². The molecule has 0 saturated carbocycles. The topological polar surface area (TPSA) is 66.1 Å². The summed E-state index contributed by atoms with van der Waals surface area (Å²) in [6.45, 7) is 1.72. The van der Waals surface area contributed by atoms with Gasteiger partial charge in [-0.2, -0.15) is 0 Å². The Morgan fingerprint density at radius 3 is 3.19 bits per heavy atom. The number of hydrogen-bond donors (Lipinski definition) is 3. The van der Waals surface area contributed by atoms with Gasteiger partial charge in [0, 0.05) is 18.8 Å². The molecule has 2 heterocycles. The van der Waals surface area contributed by atoms with Crippen LogP contribution in [0.5, 0.6) is 0 Å². The van der Waals surface area contributed by atoms with E-state index >= 15 is 0 Å². The van der Waals surface area contributed by atoms with E-state index in [2.05, 4.69) is 20.9 Å². The number of nitrogens with zero attached hydrogens (tertiary/aromatic N) is 1. The van der Waals surface area contributed by atoms with Gasteiger partial charge in [0.15, 0.2) is 0 Å². The Balaban J connectivity index is 1.72.